The van der Waals surface area contributed by atoms with Crippen molar-refractivity contribution in [3.63, 3.8) is 0 Å². The topological polar surface area (TPSA) is 45.3 Å². The van der Waals surface area contributed by atoms with Crippen molar-refractivity contribution in [3.8, 4) is 0 Å². The molecule has 1 aromatic carbocycles. The first-order chi connectivity index (χ1) is 9.16. The van der Waals surface area contributed by atoms with Crippen molar-refractivity contribution in [2.45, 2.75) is 0 Å². The van der Waals surface area contributed by atoms with Crippen LogP contribution in [-0.2, 0) is 9.53 Å². The van der Waals surface area contributed by atoms with E-state index in [1.54, 1.807) is 6.08 Å². The van der Waals surface area contributed by atoms with Gasteiger partial charge < -0.3 is 14.6 Å². The first kappa shape index (κ1) is 13.4. The van der Waals surface area contributed by atoms with Crippen LogP contribution in [-0.4, -0.2) is 43.1 Å². The van der Waals surface area contributed by atoms with E-state index < -0.39 is 0 Å². The molecule has 4 nitrogen and oxygen atoms in total. The van der Waals surface area contributed by atoms with Crippen molar-refractivity contribution in [3.05, 3.63) is 42.1 Å². The average molecular weight is 258 g/mol. The van der Waals surface area contributed by atoms with E-state index in [9.17, 15) is 4.79 Å². The van der Waals surface area contributed by atoms with Gasteiger partial charge in [-0.1, -0.05) is 18.2 Å². The lowest BCUT2D eigenvalue weighted by Crippen LogP contribution is -2.19. The van der Waals surface area contributed by atoms with E-state index in [1.165, 1.54) is 6.08 Å². The number of para-hydroxylation sites is 1. The monoisotopic (exact) mass is 258 g/mol. The number of carbonyl (C=O) groups is 1. The van der Waals surface area contributed by atoms with Crippen LogP contribution in [0.25, 0.3) is 17.0 Å². The number of nitrogens with zero attached hydrogens (tertiary/aromatic N) is 1. The minimum Gasteiger partial charge on any atom is -0.461 e. The molecule has 0 unspecified atom stereocenters. The molecular weight excluding hydrogens is 240 g/mol. The van der Waals surface area contributed by atoms with Crippen LogP contribution in [0.4, 0.5) is 0 Å². The van der Waals surface area contributed by atoms with E-state index in [-0.39, 0.29) is 5.97 Å². The predicted molar refractivity (Wildman–Crippen MR) is 76.8 cm³/mol. The Labute approximate surface area is 112 Å². The number of carbonyl (C=O) groups excluding carboxylic acids is 1. The van der Waals surface area contributed by atoms with Crippen molar-refractivity contribution >= 4 is 22.9 Å². The van der Waals surface area contributed by atoms with Gasteiger partial charge in [0.05, 0.1) is 0 Å². The number of hydrogen-bond acceptors (Lipinski definition) is 3. The Balaban J connectivity index is 1.96. The van der Waals surface area contributed by atoms with E-state index in [4.69, 9.17) is 4.74 Å². The van der Waals surface area contributed by atoms with Gasteiger partial charge in [0.25, 0.3) is 0 Å². The van der Waals surface area contributed by atoms with Crippen LogP contribution < -0.4 is 0 Å². The summed E-state index contributed by atoms with van der Waals surface area (Å²) in [6, 6.07) is 7.97. The SMILES string of the molecule is CN(C)CCOC(=O)/C=C/c1c[nH]c2ccccc12. The Hall–Kier alpha value is -2.07. The summed E-state index contributed by atoms with van der Waals surface area (Å²) < 4.78 is 5.09. The van der Waals surface area contributed by atoms with Gasteiger partial charge in [0, 0.05) is 35.3 Å². The number of fused-ring (bicyclic) bond motifs is 1. The van der Waals surface area contributed by atoms with Crippen LogP contribution in [0.3, 0.4) is 0 Å². The number of nitrogens with one attached hydrogen (secondary N) is 1. The molecule has 1 heterocycles. The molecule has 0 bridgehead atoms. The van der Waals surface area contributed by atoms with Gasteiger partial charge >= 0.3 is 5.97 Å². The van der Waals surface area contributed by atoms with Gasteiger partial charge in [0.15, 0.2) is 0 Å². The molecule has 0 aliphatic carbocycles. The molecule has 4 heteroatoms. The van der Waals surface area contributed by atoms with Gasteiger partial charge in [0.1, 0.15) is 6.61 Å². The minimum atomic E-state index is -0.313. The lowest BCUT2D eigenvalue weighted by atomic mass is 10.1. The van der Waals surface area contributed by atoms with Crippen molar-refractivity contribution in [2.75, 3.05) is 27.2 Å². The standard InChI is InChI=1S/C15H18N2O2/c1-17(2)9-10-19-15(18)8-7-12-11-16-14-6-4-3-5-13(12)14/h3-8,11,16H,9-10H2,1-2H3/b8-7+. The van der Waals surface area contributed by atoms with E-state index in [0.29, 0.717) is 6.61 Å². The molecule has 0 spiro atoms. The fraction of sp³-hybridized carbons (Fsp3) is 0.267. The molecule has 0 saturated heterocycles. The molecule has 0 atom stereocenters. The van der Waals surface area contributed by atoms with E-state index in [2.05, 4.69) is 4.98 Å². The highest BCUT2D eigenvalue weighted by Gasteiger charge is 2.01. The Morgan fingerprint density at radius 2 is 2.16 bits per heavy atom. The fourth-order valence-corrected chi connectivity index (χ4v) is 1.77. The second kappa shape index (κ2) is 6.20. The average Bonchev–Trinajstić information content (AvgIpc) is 2.79. The Morgan fingerprint density at radius 1 is 1.37 bits per heavy atom. The quantitative estimate of drug-likeness (QED) is 0.661. The first-order valence-corrected chi connectivity index (χ1v) is 6.22. The maximum atomic E-state index is 11.5. The van der Waals surface area contributed by atoms with Crippen molar-refractivity contribution in [1.82, 2.24) is 9.88 Å². The smallest absolute Gasteiger partial charge is 0.330 e. The third-order valence-electron chi connectivity index (χ3n) is 2.80. The summed E-state index contributed by atoms with van der Waals surface area (Å²) in [4.78, 5) is 16.6. The maximum Gasteiger partial charge on any atom is 0.330 e. The number of ether oxygens (including phenoxy) is 1. The summed E-state index contributed by atoms with van der Waals surface area (Å²) in [6.07, 6.45) is 5.12. The molecule has 0 saturated carbocycles. The third-order valence-corrected chi connectivity index (χ3v) is 2.80. The zero-order valence-electron chi connectivity index (χ0n) is 11.2. The minimum absolute atomic E-state index is 0.313. The van der Waals surface area contributed by atoms with Gasteiger partial charge in [-0.3, -0.25) is 0 Å². The van der Waals surface area contributed by atoms with Crippen LogP contribution in [0, 0.1) is 0 Å². The highest BCUT2D eigenvalue weighted by atomic mass is 16.5. The fourth-order valence-electron chi connectivity index (χ4n) is 1.77. The van der Waals surface area contributed by atoms with Gasteiger partial charge in [0.2, 0.25) is 0 Å². The maximum absolute atomic E-state index is 11.5. The van der Waals surface area contributed by atoms with Crippen LogP contribution in [0.5, 0.6) is 0 Å². The summed E-state index contributed by atoms with van der Waals surface area (Å²) in [5, 5.41) is 1.10. The summed E-state index contributed by atoms with van der Waals surface area (Å²) in [5.74, 6) is -0.313. The number of aromatic nitrogens is 1. The van der Waals surface area contributed by atoms with E-state index >= 15 is 0 Å². The van der Waals surface area contributed by atoms with E-state index in [1.807, 2.05) is 49.5 Å². The molecule has 1 aromatic heterocycles. The lowest BCUT2D eigenvalue weighted by molar-refractivity contribution is -0.137. The summed E-state index contributed by atoms with van der Waals surface area (Å²) >= 11 is 0. The molecule has 0 aliphatic rings. The van der Waals surface area contributed by atoms with Crippen molar-refractivity contribution in [1.29, 1.82) is 0 Å². The molecule has 2 rings (SSSR count). The predicted octanol–water partition coefficient (Wildman–Crippen LogP) is 2.29. The summed E-state index contributed by atoms with van der Waals surface area (Å²) in [7, 11) is 3.88. The van der Waals surface area contributed by atoms with Gasteiger partial charge in [-0.2, -0.15) is 0 Å². The summed E-state index contributed by atoms with van der Waals surface area (Å²) in [6.45, 7) is 1.14. The molecular formula is C15H18N2O2. The van der Waals surface area contributed by atoms with Crippen LogP contribution in [0.1, 0.15) is 5.56 Å². The molecule has 0 radical (unpaired) electrons. The Kier molecular flexibility index (Phi) is 4.36. The Morgan fingerprint density at radius 3 is 2.95 bits per heavy atom. The number of rotatable bonds is 5. The molecule has 0 fully saturated rings. The second-order valence-electron chi connectivity index (χ2n) is 4.59. The van der Waals surface area contributed by atoms with Crippen LogP contribution in [0.2, 0.25) is 0 Å². The third kappa shape index (κ3) is 3.69. The number of H-pyrrole nitrogens is 1. The van der Waals surface area contributed by atoms with Gasteiger partial charge in [-0.15, -0.1) is 0 Å². The van der Waals surface area contributed by atoms with Crippen molar-refractivity contribution in [2.24, 2.45) is 0 Å². The number of esters is 1. The highest BCUT2D eigenvalue weighted by molar-refractivity contribution is 5.93. The first-order valence-electron chi connectivity index (χ1n) is 6.22. The number of hydrogen-bond donors (Lipinski definition) is 1. The highest BCUT2D eigenvalue weighted by Crippen LogP contribution is 2.18. The molecule has 0 amide bonds. The van der Waals surface area contributed by atoms with Gasteiger partial charge in [-0.05, 0) is 26.2 Å². The molecule has 1 N–H and O–H groups in total. The van der Waals surface area contributed by atoms with Crippen LogP contribution in [0.15, 0.2) is 36.5 Å². The molecule has 100 valence electrons. The Bertz CT molecular complexity index is 585. The number of benzene rings is 1. The molecule has 0 aliphatic heterocycles. The summed E-state index contributed by atoms with van der Waals surface area (Å²) in [5.41, 5.74) is 2.04. The lowest BCUT2D eigenvalue weighted by Gasteiger charge is -2.08. The normalized spacial score (nSPS) is 11.5. The zero-order chi connectivity index (χ0) is 13.7. The van der Waals surface area contributed by atoms with Crippen LogP contribution >= 0.6 is 0 Å². The van der Waals surface area contributed by atoms with Gasteiger partial charge in [-0.25, -0.2) is 4.79 Å². The largest absolute Gasteiger partial charge is 0.461 e. The number of aromatic amines is 1. The zero-order valence-corrected chi connectivity index (χ0v) is 11.2. The molecule has 19 heavy (non-hydrogen) atoms. The van der Waals surface area contributed by atoms with E-state index in [0.717, 1.165) is 23.0 Å². The second-order valence-corrected chi connectivity index (χ2v) is 4.59. The molecule has 2 aromatic rings. The van der Waals surface area contributed by atoms with Crippen molar-refractivity contribution < 1.29 is 9.53 Å². The number of likely N-dealkylation sites (N-methyl/N-ethyl adjacent to an activating group) is 1.